The number of halogens is 1. The average molecular weight is 274 g/mol. The van der Waals surface area contributed by atoms with E-state index in [1.54, 1.807) is 6.20 Å². The van der Waals surface area contributed by atoms with E-state index < -0.39 is 0 Å². The maximum absolute atomic E-state index is 9.29. The lowest BCUT2D eigenvalue weighted by Gasteiger charge is -2.30. The van der Waals surface area contributed by atoms with Crippen LogP contribution in [-0.4, -0.2) is 27.7 Å². The zero-order valence-electron chi connectivity index (χ0n) is 9.16. The summed E-state index contributed by atoms with van der Waals surface area (Å²) in [7, 11) is 0. The van der Waals surface area contributed by atoms with Crippen molar-refractivity contribution in [3.05, 3.63) is 17.0 Å². The van der Waals surface area contributed by atoms with E-state index in [0.717, 1.165) is 4.47 Å². The summed E-state index contributed by atoms with van der Waals surface area (Å²) in [6.45, 7) is 6.27. The Kier molecular flexibility index (Phi) is 4.04. The Hall–Kier alpha value is -0.680. The largest absolute Gasteiger partial charge is 0.394 e. The smallest absolute Gasteiger partial charge is 0.144 e. The number of anilines is 1. The van der Waals surface area contributed by atoms with Gasteiger partial charge in [0.25, 0.3) is 0 Å². The minimum atomic E-state index is -0.0382. The van der Waals surface area contributed by atoms with Gasteiger partial charge in [-0.05, 0) is 21.3 Å². The Balaban J connectivity index is 2.80. The molecule has 1 unspecified atom stereocenters. The summed E-state index contributed by atoms with van der Waals surface area (Å²) in [6, 6.07) is -0.0382. The van der Waals surface area contributed by atoms with Crippen molar-refractivity contribution in [1.29, 1.82) is 0 Å². The third-order valence-corrected chi connectivity index (χ3v) is 2.79. The molecule has 5 heteroatoms. The van der Waals surface area contributed by atoms with Gasteiger partial charge in [-0.15, -0.1) is 0 Å². The standard InChI is InChI=1S/C10H16BrN3O/c1-10(2,3)8(5-15)14-9-7(11)4-12-6-13-9/h4,6,8,15H,5H2,1-3H3,(H,12,13,14). The highest BCUT2D eigenvalue weighted by atomic mass is 79.9. The Labute approximate surface area is 98.3 Å². The number of hydrogen-bond donors (Lipinski definition) is 2. The molecule has 1 aromatic rings. The highest BCUT2D eigenvalue weighted by molar-refractivity contribution is 9.10. The number of aliphatic hydroxyl groups is 1. The van der Waals surface area contributed by atoms with Gasteiger partial charge in [0.2, 0.25) is 0 Å². The fourth-order valence-corrected chi connectivity index (χ4v) is 1.45. The second kappa shape index (κ2) is 4.90. The molecule has 15 heavy (non-hydrogen) atoms. The lowest BCUT2D eigenvalue weighted by Crippen LogP contribution is -2.37. The van der Waals surface area contributed by atoms with Crippen molar-refractivity contribution in [1.82, 2.24) is 9.97 Å². The fraction of sp³-hybridized carbons (Fsp3) is 0.600. The monoisotopic (exact) mass is 273 g/mol. The number of nitrogens with one attached hydrogen (secondary N) is 1. The first-order chi connectivity index (χ1) is 6.95. The van der Waals surface area contributed by atoms with Crippen LogP contribution in [0.25, 0.3) is 0 Å². The molecular weight excluding hydrogens is 258 g/mol. The Morgan fingerprint density at radius 1 is 1.53 bits per heavy atom. The van der Waals surface area contributed by atoms with Crippen LogP contribution < -0.4 is 5.32 Å². The van der Waals surface area contributed by atoms with E-state index in [9.17, 15) is 5.11 Å². The van der Waals surface area contributed by atoms with Crippen LogP contribution in [0.1, 0.15) is 20.8 Å². The molecule has 4 nitrogen and oxygen atoms in total. The van der Waals surface area contributed by atoms with Crippen LogP contribution in [0.15, 0.2) is 17.0 Å². The molecule has 0 aliphatic carbocycles. The normalized spacial score (nSPS) is 13.7. The van der Waals surface area contributed by atoms with E-state index in [-0.39, 0.29) is 18.1 Å². The number of nitrogens with zero attached hydrogens (tertiary/aromatic N) is 2. The molecule has 0 spiro atoms. The predicted octanol–water partition coefficient (Wildman–Crippen LogP) is 2.06. The van der Waals surface area contributed by atoms with Crippen molar-refractivity contribution >= 4 is 21.7 Å². The van der Waals surface area contributed by atoms with E-state index in [2.05, 4.69) is 52.0 Å². The third kappa shape index (κ3) is 3.43. The molecule has 0 radical (unpaired) electrons. The number of aromatic nitrogens is 2. The van der Waals surface area contributed by atoms with E-state index in [4.69, 9.17) is 0 Å². The molecule has 0 aromatic carbocycles. The lowest BCUT2D eigenvalue weighted by molar-refractivity contribution is 0.201. The molecule has 1 heterocycles. The van der Waals surface area contributed by atoms with Crippen LogP contribution in [-0.2, 0) is 0 Å². The first-order valence-corrected chi connectivity index (χ1v) is 5.57. The Morgan fingerprint density at radius 3 is 2.67 bits per heavy atom. The van der Waals surface area contributed by atoms with Gasteiger partial charge in [0.05, 0.1) is 17.1 Å². The second-order valence-electron chi connectivity index (χ2n) is 4.46. The van der Waals surface area contributed by atoms with Gasteiger partial charge in [-0.3, -0.25) is 0 Å². The van der Waals surface area contributed by atoms with Crippen molar-refractivity contribution in [2.45, 2.75) is 26.8 Å². The highest BCUT2D eigenvalue weighted by Gasteiger charge is 2.24. The molecule has 0 aliphatic rings. The van der Waals surface area contributed by atoms with Gasteiger partial charge >= 0.3 is 0 Å². The van der Waals surface area contributed by atoms with E-state index in [1.165, 1.54) is 6.33 Å². The minimum absolute atomic E-state index is 0.0286. The summed E-state index contributed by atoms with van der Waals surface area (Å²) in [5.74, 6) is 0.707. The van der Waals surface area contributed by atoms with Crippen LogP contribution in [0.2, 0.25) is 0 Å². The van der Waals surface area contributed by atoms with Crippen LogP contribution in [0.4, 0.5) is 5.82 Å². The SMILES string of the molecule is CC(C)(C)C(CO)Nc1ncncc1Br. The van der Waals surface area contributed by atoms with Crippen molar-refractivity contribution < 1.29 is 5.11 Å². The van der Waals surface area contributed by atoms with Gasteiger partial charge in [-0.2, -0.15) is 0 Å². The molecule has 1 aromatic heterocycles. The predicted molar refractivity (Wildman–Crippen MR) is 63.7 cm³/mol. The molecular formula is C10H16BrN3O. The molecule has 84 valence electrons. The molecule has 0 amide bonds. The molecule has 0 aliphatic heterocycles. The molecule has 0 bridgehead atoms. The van der Waals surface area contributed by atoms with Gasteiger partial charge in [0.1, 0.15) is 12.1 Å². The molecule has 0 saturated carbocycles. The zero-order chi connectivity index (χ0) is 11.5. The van der Waals surface area contributed by atoms with Crippen LogP contribution >= 0.6 is 15.9 Å². The number of aliphatic hydroxyl groups excluding tert-OH is 1. The van der Waals surface area contributed by atoms with Gasteiger partial charge in [0.15, 0.2) is 0 Å². The Morgan fingerprint density at radius 2 is 2.20 bits per heavy atom. The summed E-state index contributed by atoms with van der Waals surface area (Å²) in [5, 5.41) is 12.5. The zero-order valence-corrected chi connectivity index (χ0v) is 10.7. The van der Waals surface area contributed by atoms with Crippen molar-refractivity contribution in [3.63, 3.8) is 0 Å². The molecule has 2 N–H and O–H groups in total. The van der Waals surface area contributed by atoms with Crippen molar-refractivity contribution in [3.8, 4) is 0 Å². The summed E-state index contributed by atoms with van der Waals surface area (Å²) >= 11 is 3.35. The highest BCUT2D eigenvalue weighted by Crippen LogP contribution is 2.25. The van der Waals surface area contributed by atoms with E-state index in [0.29, 0.717) is 5.82 Å². The summed E-state index contributed by atoms with van der Waals surface area (Å²) < 4.78 is 0.799. The molecule has 0 saturated heterocycles. The first-order valence-electron chi connectivity index (χ1n) is 4.78. The van der Waals surface area contributed by atoms with Crippen molar-refractivity contribution in [2.75, 3.05) is 11.9 Å². The number of rotatable bonds is 3. The van der Waals surface area contributed by atoms with Crippen LogP contribution in [0.5, 0.6) is 0 Å². The number of hydrogen-bond acceptors (Lipinski definition) is 4. The minimum Gasteiger partial charge on any atom is -0.394 e. The van der Waals surface area contributed by atoms with Crippen LogP contribution in [0, 0.1) is 5.41 Å². The van der Waals surface area contributed by atoms with Crippen molar-refractivity contribution in [2.24, 2.45) is 5.41 Å². The quantitative estimate of drug-likeness (QED) is 0.885. The Bertz CT molecular complexity index is 325. The fourth-order valence-electron chi connectivity index (χ4n) is 1.12. The van der Waals surface area contributed by atoms with Gasteiger partial charge < -0.3 is 10.4 Å². The average Bonchev–Trinajstić information content (AvgIpc) is 2.14. The van der Waals surface area contributed by atoms with Crippen LogP contribution in [0.3, 0.4) is 0 Å². The van der Waals surface area contributed by atoms with Gasteiger partial charge in [0, 0.05) is 6.20 Å². The maximum Gasteiger partial charge on any atom is 0.144 e. The van der Waals surface area contributed by atoms with Gasteiger partial charge in [-0.25, -0.2) is 9.97 Å². The van der Waals surface area contributed by atoms with E-state index >= 15 is 0 Å². The first kappa shape index (κ1) is 12.4. The topological polar surface area (TPSA) is 58.0 Å². The lowest BCUT2D eigenvalue weighted by atomic mass is 9.87. The molecule has 1 atom stereocenters. The van der Waals surface area contributed by atoms with E-state index in [1.807, 2.05) is 0 Å². The summed E-state index contributed by atoms with van der Waals surface area (Å²) in [4.78, 5) is 7.98. The van der Waals surface area contributed by atoms with Gasteiger partial charge in [-0.1, -0.05) is 20.8 Å². The summed E-state index contributed by atoms with van der Waals surface area (Å²) in [6.07, 6.45) is 3.15. The summed E-state index contributed by atoms with van der Waals surface area (Å²) in [5.41, 5.74) is -0.0286. The molecule has 0 fully saturated rings. The third-order valence-electron chi connectivity index (χ3n) is 2.21. The molecule has 1 rings (SSSR count). The second-order valence-corrected chi connectivity index (χ2v) is 5.32. The maximum atomic E-state index is 9.29.